The lowest BCUT2D eigenvalue weighted by Crippen LogP contribution is -2.45. The smallest absolute Gasteiger partial charge is 0.243 e. The Labute approximate surface area is 168 Å². The molecule has 1 N–H and O–H groups in total. The van der Waals surface area contributed by atoms with Crippen LogP contribution in [0, 0.1) is 5.92 Å². The summed E-state index contributed by atoms with van der Waals surface area (Å²) in [5.74, 6) is 0.0439. The molecule has 0 atom stereocenters. The van der Waals surface area contributed by atoms with E-state index in [4.69, 9.17) is 0 Å². The van der Waals surface area contributed by atoms with Crippen LogP contribution >= 0.6 is 0 Å². The molecule has 2 aliphatic rings. The number of nitrogens with zero attached hydrogens (tertiary/aromatic N) is 3. The normalized spacial score (nSPS) is 18.9. The molecule has 8 heteroatoms. The van der Waals surface area contributed by atoms with Gasteiger partial charge in [0.25, 0.3) is 0 Å². The van der Waals surface area contributed by atoms with Crippen LogP contribution in [-0.2, 0) is 14.8 Å². The van der Waals surface area contributed by atoms with Crippen molar-refractivity contribution in [2.45, 2.75) is 38.0 Å². The van der Waals surface area contributed by atoms with Crippen molar-refractivity contribution in [3.8, 4) is 0 Å². The molecule has 0 unspecified atom stereocenters. The largest absolute Gasteiger partial charge is 0.367 e. The molecule has 0 spiro atoms. The van der Waals surface area contributed by atoms with Crippen molar-refractivity contribution in [2.75, 3.05) is 56.5 Å². The number of benzene rings is 1. The monoisotopic (exact) mass is 408 g/mol. The number of hydrogen-bond acceptors (Lipinski definition) is 5. The van der Waals surface area contributed by atoms with Crippen LogP contribution in [0.25, 0.3) is 0 Å². The topological polar surface area (TPSA) is 73.0 Å². The quantitative estimate of drug-likeness (QED) is 0.749. The van der Waals surface area contributed by atoms with Gasteiger partial charge in [0, 0.05) is 45.2 Å². The molecule has 156 valence electrons. The fraction of sp³-hybridized carbons (Fsp3) is 0.650. The van der Waals surface area contributed by atoms with Crippen molar-refractivity contribution in [3.05, 3.63) is 18.2 Å². The third kappa shape index (κ3) is 4.34. The van der Waals surface area contributed by atoms with Gasteiger partial charge in [-0.25, -0.2) is 8.42 Å². The number of hydrogen-bond donors (Lipinski definition) is 1. The van der Waals surface area contributed by atoms with Gasteiger partial charge in [0.15, 0.2) is 0 Å². The maximum Gasteiger partial charge on any atom is 0.243 e. The second kappa shape index (κ2) is 8.80. The van der Waals surface area contributed by atoms with Gasteiger partial charge in [-0.2, -0.15) is 4.31 Å². The molecular formula is C20H32N4O3S. The molecule has 0 radical (unpaired) electrons. The van der Waals surface area contributed by atoms with Crippen molar-refractivity contribution in [1.29, 1.82) is 0 Å². The summed E-state index contributed by atoms with van der Waals surface area (Å²) < 4.78 is 27.4. The SMILES string of the molecule is CCN(CC)S(=O)(=O)c1ccc(N2CCN(C)CC2)c(NC(=O)C2CCC2)c1. The van der Waals surface area contributed by atoms with E-state index < -0.39 is 10.0 Å². The summed E-state index contributed by atoms with van der Waals surface area (Å²) in [7, 11) is -1.48. The molecule has 1 amide bonds. The lowest BCUT2D eigenvalue weighted by atomic mass is 9.85. The molecular weight excluding hydrogens is 376 g/mol. The first-order valence-corrected chi connectivity index (χ1v) is 11.7. The van der Waals surface area contributed by atoms with Crippen molar-refractivity contribution < 1.29 is 13.2 Å². The molecule has 0 bridgehead atoms. The highest BCUT2D eigenvalue weighted by molar-refractivity contribution is 7.89. The number of carbonyl (C=O) groups excluding carboxylic acids is 1. The average Bonchev–Trinajstić information content (AvgIpc) is 2.62. The summed E-state index contributed by atoms with van der Waals surface area (Å²) in [6.45, 7) is 8.09. The Bertz CT molecular complexity index is 796. The number of amides is 1. The summed E-state index contributed by atoms with van der Waals surface area (Å²) in [5, 5.41) is 3.03. The van der Waals surface area contributed by atoms with Crippen molar-refractivity contribution >= 4 is 27.3 Å². The lowest BCUT2D eigenvalue weighted by molar-refractivity contribution is -0.122. The fourth-order valence-corrected chi connectivity index (χ4v) is 5.20. The van der Waals surface area contributed by atoms with E-state index in [1.54, 1.807) is 12.1 Å². The maximum absolute atomic E-state index is 13.0. The molecule has 2 fully saturated rings. The van der Waals surface area contributed by atoms with Crippen LogP contribution in [0.4, 0.5) is 11.4 Å². The molecule has 1 aromatic carbocycles. The number of nitrogens with one attached hydrogen (secondary N) is 1. The molecule has 3 rings (SSSR count). The van der Waals surface area contributed by atoms with Crippen LogP contribution in [0.2, 0.25) is 0 Å². The predicted molar refractivity (Wildman–Crippen MR) is 112 cm³/mol. The number of sulfonamides is 1. The highest BCUT2D eigenvalue weighted by Gasteiger charge is 2.28. The Morgan fingerprint density at radius 1 is 1.14 bits per heavy atom. The molecule has 7 nitrogen and oxygen atoms in total. The van der Waals surface area contributed by atoms with E-state index in [1.807, 2.05) is 19.9 Å². The number of anilines is 2. The third-order valence-electron chi connectivity index (χ3n) is 5.89. The number of likely N-dealkylation sites (N-methyl/N-ethyl adjacent to an activating group) is 1. The third-order valence-corrected chi connectivity index (χ3v) is 7.93. The summed E-state index contributed by atoms with van der Waals surface area (Å²) in [5.41, 5.74) is 1.51. The standard InChI is InChI=1S/C20H32N4O3S/c1-4-24(5-2)28(26,27)17-9-10-19(23-13-11-22(3)12-14-23)18(15-17)21-20(25)16-7-6-8-16/h9-10,15-16H,4-8,11-14H2,1-3H3,(H,21,25). The molecule has 1 heterocycles. The summed E-state index contributed by atoms with van der Waals surface area (Å²) in [6.07, 6.45) is 2.90. The van der Waals surface area contributed by atoms with Gasteiger partial charge in [-0.05, 0) is 38.1 Å². The van der Waals surface area contributed by atoms with Crippen molar-refractivity contribution in [3.63, 3.8) is 0 Å². The second-order valence-corrected chi connectivity index (χ2v) is 9.61. The van der Waals surface area contributed by atoms with Crippen molar-refractivity contribution in [2.24, 2.45) is 5.92 Å². The van der Waals surface area contributed by atoms with Crippen LogP contribution in [0.5, 0.6) is 0 Å². The molecule has 1 saturated heterocycles. The Morgan fingerprint density at radius 2 is 1.79 bits per heavy atom. The minimum atomic E-state index is -3.57. The van der Waals surface area contributed by atoms with Crippen LogP contribution in [0.15, 0.2) is 23.1 Å². The van der Waals surface area contributed by atoms with E-state index in [2.05, 4.69) is 22.2 Å². The Kier molecular flexibility index (Phi) is 6.62. The first kappa shape index (κ1) is 21.1. The van der Waals surface area contributed by atoms with Gasteiger partial charge in [-0.3, -0.25) is 4.79 Å². The Hall–Kier alpha value is -1.64. The van der Waals surface area contributed by atoms with Gasteiger partial charge < -0.3 is 15.1 Å². The first-order chi connectivity index (χ1) is 13.4. The van der Waals surface area contributed by atoms with Gasteiger partial charge in [-0.1, -0.05) is 20.3 Å². The molecule has 1 aliphatic heterocycles. The van der Waals surface area contributed by atoms with Gasteiger partial charge in [0.1, 0.15) is 0 Å². The van der Waals surface area contributed by atoms with Gasteiger partial charge in [0.2, 0.25) is 15.9 Å². The lowest BCUT2D eigenvalue weighted by Gasteiger charge is -2.35. The van der Waals surface area contributed by atoms with E-state index in [9.17, 15) is 13.2 Å². The Morgan fingerprint density at radius 3 is 2.32 bits per heavy atom. The molecule has 1 saturated carbocycles. The summed E-state index contributed by atoms with van der Waals surface area (Å²) in [4.78, 5) is 17.3. The second-order valence-electron chi connectivity index (χ2n) is 7.68. The summed E-state index contributed by atoms with van der Waals surface area (Å²) in [6, 6.07) is 5.15. The van der Waals surface area contributed by atoms with E-state index >= 15 is 0 Å². The number of piperazine rings is 1. The van der Waals surface area contributed by atoms with E-state index in [0.29, 0.717) is 18.8 Å². The summed E-state index contributed by atoms with van der Waals surface area (Å²) >= 11 is 0. The molecule has 0 aromatic heterocycles. The van der Waals surface area contributed by atoms with E-state index in [-0.39, 0.29) is 16.7 Å². The van der Waals surface area contributed by atoms with Gasteiger partial charge in [-0.15, -0.1) is 0 Å². The molecule has 28 heavy (non-hydrogen) atoms. The predicted octanol–water partition coefficient (Wildman–Crippen LogP) is 2.21. The number of rotatable bonds is 7. The fourth-order valence-electron chi connectivity index (χ4n) is 3.72. The van der Waals surface area contributed by atoms with Gasteiger partial charge >= 0.3 is 0 Å². The molecule has 1 aliphatic carbocycles. The van der Waals surface area contributed by atoms with E-state index in [1.165, 1.54) is 4.31 Å². The van der Waals surface area contributed by atoms with Crippen molar-refractivity contribution in [1.82, 2.24) is 9.21 Å². The zero-order chi connectivity index (χ0) is 20.3. The van der Waals surface area contributed by atoms with Crippen LogP contribution in [-0.4, -0.2) is 69.8 Å². The number of carbonyl (C=O) groups is 1. The van der Waals surface area contributed by atoms with Crippen LogP contribution in [0.1, 0.15) is 33.1 Å². The zero-order valence-electron chi connectivity index (χ0n) is 17.1. The zero-order valence-corrected chi connectivity index (χ0v) is 18.0. The first-order valence-electron chi connectivity index (χ1n) is 10.2. The van der Waals surface area contributed by atoms with Crippen LogP contribution in [0.3, 0.4) is 0 Å². The highest BCUT2D eigenvalue weighted by atomic mass is 32.2. The Balaban J connectivity index is 1.94. The minimum absolute atomic E-state index is 0.000912. The highest BCUT2D eigenvalue weighted by Crippen LogP contribution is 2.33. The molecule has 1 aromatic rings. The van der Waals surface area contributed by atoms with Crippen LogP contribution < -0.4 is 10.2 Å². The van der Waals surface area contributed by atoms with Gasteiger partial charge in [0.05, 0.1) is 16.3 Å². The maximum atomic E-state index is 13.0. The average molecular weight is 409 g/mol. The minimum Gasteiger partial charge on any atom is -0.367 e. The van der Waals surface area contributed by atoms with E-state index in [0.717, 1.165) is 51.1 Å².